The molecule has 0 aliphatic heterocycles. The first-order valence-corrected chi connectivity index (χ1v) is 6.11. The molecule has 5 heteroatoms. The van der Waals surface area contributed by atoms with Crippen molar-refractivity contribution >= 4 is 23.3 Å². The third kappa shape index (κ3) is 4.13. The zero-order chi connectivity index (χ0) is 14.2. The van der Waals surface area contributed by atoms with Crippen molar-refractivity contribution in [3.05, 3.63) is 61.3 Å². The summed E-state index contributed by atoms with van der Waals surface area (Å²) in [4.78, 5) is 15.5. The predicted octanol–water partition coefficient (Wildman–Crippen LogP) is 3.56. The van der Waals surface area contributed by atoms with Crippen LogP contribution in [0, 0.1) is 0 Å². The van der Waals surface area contributed by atoms with Crippen molar-refractivity contribution in [1.29, 1.82) is 0 Å². The first-order valence-electron chi connectivity index (χ1n) is 6.11. The number of aromatic nitrogens is 1. The predicted molar refractivity (Wildman–Crippen MR) is 79.1 cm³/mol. The highest BCUT2D eigenvalue weighted by Crippen LogP contribution is 2.15. The minimum atomic E-state index is -0.532. The first kappa shape index (κ1) is 13.6. The lowest BCUT2D eigenvalue weighted by Gasteiger charge is -2.07. The molecular formula is C15H15N3O2. The van der Waals surface area contributed by atoms with Crippen molar-refractivity contribution in [1.82, 2.24) is 4.98 Å². The third-order valence-electron chi connectivity index (χ3n) is 2.39. The van der Waals surface area contributed by atoms with Crippen molar-refractivity contribution in [2.24, 2.45) is 0 Å². The molecule has 2 rings (SSSR count). The third-order valence-corrected chi connectivity index (χ3v) is 2.39. The fraction of sp³-hybridized carbons (Fsp3) is 0.0667. The van der Waals surface area contributed by atoms with Crippen LogP contribution in [0.15, 0.2) is 61.3 Å². The van der Waals surface area contributed by atoms with Crippen LogP contribution in [0.2, 0.25) is 0 Å². The lowest BCUT2D eigenvalue weighted by Crippen LogP contribution is -2.13. The SMILES string of the molecule is C=CCOC(=O)Nc1ccc(Nc2ccccc2)nc1. The highest BCUT2D eigenvalue weighted by molar-refractivity contribution is 5.84. The van der Waals surface area contributed by atoms with Crippen LogP contribution in [0.3, 0.4) is 0 Å². The summed E-state index contributed by atoms with van der Waals surface area (Å²) in [5.41, 5.74) is 1.52. The summed E-state index contributed by atoms with van der Waals surface area (Å²) >= 11 is 0. The number of carbonyl (C=O) groups is 1. The van der Waals surface area contributed by atoms with Crippen LogP contribution in [-0.2, 0) is 4.74 Å². The van der Waals surface area contributed by atoms with Gasteiger partial charge >= 0.3 is 6.09 Å². The minimum Gasteiger partial charge on any atom is -0.445 e. The number of nitrogens with zero attached hydrogens (tertiary/aromatic N) is 1. The highest BCUT2D eigenvalue weighted by Gasteiger charge is 2.02. The summed E-state index contributed by atoms with van der Waals surface area (Å²) in [5.74, 6) is 0.696. The van der Waals surface area contributed by atoms with Gasteiger partial charge < -0.3 is 10.1 Å². The minimum absolute atomic E-state index is 0.174. The summed E-state index contributed by atoms with van der Waals surface area (Å²) in [5, 5.41) is 5.72. The number of ether oxygens (including phenoxy) is 1. The Morgan fingerprint density at radius 3 is 2.65 bits per heavy atom. The Labute approximate surface area is 117 Å². The van der Waals surface area contributed by atoms with Crippen molar-refractivity contribution < 1.29 is 9.53 Å². The van der Waals surface area contributed by atoms with E-state index in [0.717, 1.165) is 5.69 Å². The number of amides is 1. The Kier molecular flexibility index (Phi) is 4.72. The molecule has 20 heavy (non-hydrogen) atoms. The number of anilines is 3. The summed E-state index contributed by atoms with van der Waals surface area (Å²) in [6.45, 7) is 3.64. The number of rotatable bonds is 5. The Morgan fingerprint density at radius 2 is 2.00 bits per heavy atom. The second-order valence-electron chi connectivity index (χ2n) is 3.94. The summed E-state index contributed by atoms with van der Waals surface area (Å²) in [6, 6.07) is 13.2. The number of para-hydroxylation sites is 1. The molecule has 102 valence electrons. The first-order chi connectivity index (χ1) is 9.78. The maximum absolute atomic E-state index is 11.3. The molecule has 1 aromatic heterocycles. The largest absolute Gasteiger partial charge is 0.445 e. The highest BCUT2D eigenvalue weighted by atomic mass is 16.5. The standard InChI is InChI=1S/C15H15N3O2/c1-2-10-20-15(19)18-13-8-9-14(16-11-13)17-12-6-4-3-5-7-12/h2-9,11H,1,10H2,(H,16,17)(H,18,19). The molecule has 0 saturated carbocycles. The second kappa shape index (κ2) is 6.94. The molecule has 1 amide bonds. The van der Waals surface area contributed by atoms with Gasteiger partial charge in [0.15, 0.2) is 0 Å². The normalized spacial score (nSPS) is 9.60. The number of carbonyl (C=O) groups excluding carboxylic acids is 1. The van der Waals surface area contributed by atoms with Crippen LogP contribution in [0.1, 0.15) is 0 Å². The molecule has 2 aromatic rings. The maximum Gasteiger partial charge on any atom is 0.411 e. The van der Waals surface area contributed by atoms with Crippen LogP contribution in [0.5, 0.6) is 0 Å². The summed E-state index contributed by atoms with van der Waals surface area (Å²) < 4.78 is 4.81. The van der Waals surface area contributed by atoms with E-state index in [2.05, 4.69) is 22.2 Å². The maximum atomic E-state index is 11.3. The van der Waals surface area contributed by atoms with Crippen LogP contribution < -0.4 is 10.6 Å². The van der Waals surface area contributed by atoms with E-state index in [-0.39, 0.29) is 6.61 Å². The van der Waals surface area contributed by atoms with Gasteiger partial charge in [-0.2, -0.15) is 0 Å². The Balaban J connectivity index is 1.93. The topological polar surface area (TPSA) is 63.2 Å². The quantitative estimate of drug-likeness (QED) is 0.815. The van der Waals surface area contributed by atoms with Gasteiger partial charge in [0.25, 0.3) is 0 Å². The van der Waals surface area contributed by atoms with E-state index in [1.165, 1.54) is 6.08 Å². The van der Waals surface area contributed by atoms with Gasteiger partial charge in [0, 0.05) is 5.69 Å². The Morgan fingerprint density at radius 1 is 1.20 bits per heavy atom. The Bertz CT molecular complexity index is 567. The van der Waals surface area contributed by atoms with Crippen LogP contribution >= 0.6 is 0 Å². The van der Waals surface area contributed by atoms with Gasteiger partial charge in [-0.05, 0) is 24.3 Å². The molecule has 0 radical (unpaired) electrons. The van der Waals surface area contributed by atoms with E-state index < -0.39 is 6.09 Å². The van der Waals surface area contributed by atoms with Gasteiger partial charge in [0.2, 0.25) is 0 Å². The molecule has 1 aromatic carbocycles. The van der Waals surface area contributed by atoms with Gasteiger partial charge in [0.1, 0.15) is 12.4 Å². The lowest BCUT2D eigenvalue weighted by molar-refractivity contribution is 0.174. The van der Waals surface area contributed by atoms with Gasteiger partial charge in [0.05, 0.1) is 11.9 Å². The van der Waals surface area contributed by atoms with Crippen LogP contribution in [-0.4, -0.2) is 17.7 Å². The lowest BCUT2D eigenvalue weighted by atomic mass is 10.3. The van der Waals surface area contributed by atoms with Gasteiger partial charge in [-0.15, -0.1) is 0 Å². The van der Waals surface area contributed by atoms with Crippen LogP contribution in [0.25, 0.3) is 0 Å². The molecule has 0 fully saturated rings. The van der Waals surface area contributed by atoms with E-state index in [1.807, 2.05) is 30.3 Å². The molecular weight excluding hydrogens is 254 g/mol. The van der Waals surface area contributed by atoms with Crippen LogP contribution in [0.4, 0.5) is 22.0 Å². The van der Waals surface area contributed by atoms with Gasteiger partial charge in [-0.25, -0.2) is 9.78 Å². The van der Waals surface area contributed by atoms with Crippen molar-refractivity contribution in [3.8, 4) is 0 Å². The summed E-state index contributed by atoms with van der Waals surface area (Å²) in [7, 11) is 0. The van der Waals surface area contributed by atoms with E-state index in [9.17, 15) is 4.79 Å². The Hall–Kier alpha value is -2.82. The zero-order valence-electron chi connectivity index (χ0n) is 10.9. The fourth-order valence-corrected chi connectivity index (χ4v) is 1.50. The molecule has 1 heterocycles. The molecule has 0 saturated heterocycles. The van der Waals surface area contributed by atoms with E-state index >= 15 is 0 Å². The van der Waals surface area contributed by atoms with Gasteiger partial charge in [-0.1, -0.05) is 30.9 Å². The van der Waals surface area contributed by atoms with Crippen molar-refractivity contribution in [2.45, 2.75) is 0 Å². The monoisotopic (exact) mass is 269 g/mol. The number of pyridine rings is 1. The van der Waals surface area contributed by atoms with E-state index in [0.29, 0.717) is 11.5 Å². The molecule has 0 unspecified atom stereocenters. The summed E-state index contributed by atoms with van der Waals surface area (Å²) in [6.07, 6.45) is 2.53. The molecule has 0 bridgehead atoms. The molecule has 0 spiro atoms. The number of hydrogen-bond acceptors (Lipinski definition) is 4. The molecule has 5 nitrogen and oxygen atoms in total. The molecule has 2 N–H and O–H groups in total. The van der Waals surface area contributed by atoms with E-state index in [1.54, 1.807) is 18.3 Å². The molecule has 0 atom stereocenters. The number of hydrogen-bond donors (Lipinski definition) is 2. The molecule has 0 aliphatic rings. The number of nitrogens with one attached hydrogen (secondary N) is 2. The smallest absolute Gasteiger partial charge is 0.411 e. The fourth-order valence-electron chi connectivity index (χ4n) is 1.50. The van der Waals surface area contributed by atoms with E-state index in [4.69, 9.17) is 4.74 Å². The van der Waals surface area contributed by atoms with Crippen molar-refractivity contribution in [2.75, 3.05) is 17.2 Å². The molecule has 0 aliphatic carbocycles. The average Bonchev–Trinajstić information content (AvgIpc) is 2.48. The zero-order valence-corrected chi connectivity index (χ0v) is 10.9. The van der Waals surface area contributed by atoms with Gasteiger partial charge in [-0.3, -0.25) is 5.32 Å². The average molecular weight is 269 g/mol. The number of benzene rings is 1. The second-order valence-corrected chi connectivity index (χ2v) is 3.94. The van der Waals surface area contributed by atoms with Crippen molar-refractivity contribution in [3.63, 3.8) is 0 Å².